The highest BCUT2D eigenvalue weighted by Gasteiger charge is 2.35. The minimum absolute atomic E-state index is 0.0170. The molecule has 1 aliphatic rings. The number of carbonyl (C=O) groups is 1. The first-order valence-electron chi connectivity index (χ1n) is 5.69. The average molecular weight is 308 g/mol. The molecule has 1 aromatic carbocycles. The van der Waals surface area contributed by atoms with Crippen LogP contribution in [-0.4, -0.2) is 36.0 Å². The Bertz CT molecular complexity index is 523. The summed E-state index contributed by atoms with van der Waals surface area (Å²) >= 11 is 3.45. The molecule has 4 nitrogen and oxygen atoms in total. The van der Waals surface area contributed by atoms with E-state index in [1.807, 2.05) is 31.2 Å². The maximum absolute atomic E-state index is 12.0. The third-order valence-corrected chi connectivity index (χ3v) is 3.79. The first-order chi connectivity index (χ1) is 8.54. The van der Waals surface area contributed by atoms with Crippen molar-refractivity contribution in [1.29, 1.82) is 5.26 Å². The summed E-state index contributed by atoms with van der Waals surface area (Å²) in [6.45, 7) is 2.75. The highest BCUT2D eigenvalue weighted by Crippen LogP contribution is 2.31. The Morgan fingerprint density at radius 1 is 1.56 bits per heavy atom. The van der Waals surface area contributed by atoms with E-state index in [0.29, 0.717) is 6.54 Å². The van der Waals surface area contributed by atoms with Gasteiger partial charge in [-0.25, -0.2) is 4.79 Å². The van der Waals surface area contributed by atoms with Crippen molar-refractivity contribution in [3.8, 4) is 6.07 Å². The predicted octanol–water partition coefficient (Wildman–Crippen LogP) is 2.69. The van der Waals surface area contributed by atoms with Gasteiger partial charge in [0, 0.05) is 18.1 Å². The van der Waals surface area contributed by atoms with Gasteiger partial charge in [-0.3, -0.25) is 0 Å². The Hall–Kier alpha value is -1.54. The van der Waals surface area contributed by atoms with Gasteiger partial charge in [-0.1, -0.05) is 22.0 Å². The van der Waals surface area contributed by atoms with E-state index in [1.165, 1.54) is 0 Å². The van der Waals surface area contributed by atoms with E-state index < -0.39 is 0 Å². The van der Waals surface area contributed by atoms with Crippen LogP contribution in [0.25, 0.3) is 0 Å². The number of nitriles is 1. The molecule has 0 bridgehead atoms. The van der Waals surface area contributed by atoms with Gasteiger partial charge in [0.05, 0.1) is 12.1 Å². The molecule has 1 unspecified atom stereocenters. The van der Waals surface area contributed by atoms with Crippen LogP contribution < -0.4 is 0 Å². The molecule has 2 rings (SSSR count). The molecule has 94 valence electrons. The van der Waals surface area contributed by atoms with Gasteiger partial charge in [0.25, 0.3) is 0 Å². The molecule has 0 spiro atoms. The van der Waals surface area contributed by atoms with Crippen molar-refractivity contribution >= 4 is 22.0 Å². The monoisotopic (exact) mass is 307 g/mol. The summed E-state index contributed by atoms with van der Waals surface area (Å²) in [5.41, 5.74) is 2.28. The van der Waals surface area contributed by atoms with Crippen LogP contribution in [0.2, 0.25) is 0 Å². The van der Waals surface area contributed by atoms with Crippen LogP contribution >= 0.6 is 15.9 Å². The number of halogens is 1. The topological polar surface area (TPSA) is 47.3 Å². The van der Waals surface area contributed by atoms with E-state index in [-0.39, 0.29) is 18.6 Å². The second kappa shape index (κ2) is 4.99. The van der Waals surface area contributed by atoms with E-state index >= 15 is 0 Å². The van der Waals surface area contributed by atoms with Crippen molar-refractivity contribution in [3.63, 3.8) is 0 Å². The standard InChI is InChI=1S/C13H14BrN3O/c1-9-3-4-10(14)7-11(9)12-8-17(6-5-15)13(18)16(12)2/h3-4,7,12H,6,8H2,1-2H3. The van der Waals surface area contributed by atoms with Crippen LogP contribution in [0.1, 0.15) is 17.2 Å². The first kappa shape index (κ1) is 12.9. The summed E-state index contributed by atoms with van der Waals surface area (Å²) < 4.78 is 1.00. The molecule has 1 heterocycles. The zero-order chi connectivity index (χ0) is 13.3. The maximum Gasteiger partial charge on any atom is 0.321 e. The molecule has 2 amide bonds. The normalized spacial score (nSPS) is 19.2. The lowest BCUT2D eigenvalue weighted by Crippen LogP contribution is -2.29. The van der Waals surface area contributed by atoms with Gasteiger partial charge in [0.2, 0.25) is 0 Å². The van der Waals surface area contributed by atoms with Crippen molar-refractivity contribution in [2.75, 3.05) is 20.1 Å². The van der Waals surface area contributed by atoms with Gasteiger partial charge in [-0.2, -0.15) is 5.26 Å². The SMILES string of the molecule is Cc1ccc(Br)cc1C1CN(CC#N)C(=O)N1C. The molecule has 0 N–H and O–H groups in total. The van der Waals surface area contributed by atoms with Gasteiger partial charge < -0.3 is 9.80 Å². The molecule has 0 radical (unpaired) electrons. The third kappa shape index (κ3) is 2.21. The number of carbonyl (C=O) groups excluding carboxylic acids is 1. The minimum atomic E-state index is -0.0825. The summed E-state index contributed by atoms with van der Waals surface area (Å²) in [5, 5.41) is 8.72. The van der Waals surface area contributed by atoms with Gasteiger partial charge >= 0.3 is 6.03 Å². The Kier molecular flexibility index (Phi) is 3.58. The zero-order valence-electron chi connectivity index (χ0n) is 10.4. The predicted molar refractivity (Wildman–Crippen MR) is 72.0 cm³/mol. The third-order valence-electron chi connectivity index (χ3n) is 3.29. The van der Waals surface area contributed by atoms with Crippen LogP contribution in [-0.2, 0) is 0 Å². The number of benzene rings is 1. The van der Waals surface area contributed by atoms with E-state index in [1.54, 1.807) is 16.8 Å². The van der Waals surface area contributed by atoms with Crippen LogP contribution in [0.5, 0.6) is 0 Å². The van der Waals surface area contributed by atoms with Crippen molar-refractivity contribution in [2.24, 2.45) is 0 Å². The molecule has 1 atom stereocenters. The number of urea groups is 1. The number of nitrogens with zero attached hydrogens (tertiary/aromatic N) is 3. The molecule has 1 aliphatic heterocycles. The lowest BCUT2D eigenvalue weighted by atomic mass is 10.0. The summed E-state index contributed by atoms with van der Waals surface area (Å²) in [7, 11) is 1.78. The largest absolute Gasteiger partial charge is 0.321 e. The van der Waals surface area contributed by atoms with Crippen LogP contribution in [0.4, 0.5) is 4.79 Å². The number of amides is 2. The minimum Gasteiger partial charge on any atom is -0.319 e. The fourth-order valence-corrected chi connectivity index (χ4v) is 2.64. The van der Waals surface area contributed by atoms with E-state index in [0.717, 1.165) is 15.6 Å². The molecule has 1 aromatic rings. The highest BCUT2D eigenvalue weighted by atomic mass is 79.9. The summed E-state index contributed by atoms with van der Waals surface area (Å²) in [6.07, 6.45) is 0. The molecule has 0 saturated carbocycles. The molecular formula is C13H14BrN3O. The molecule has 18 heavy (non-hydrogen) atoms. The number of likely N-dealkylation sites (N-methyl/N-ethyl adjacent to an activating group) is 1. The van der Waals surface area contributed by atoms with Gasteiger partial charge in [-0.15, -0.1) is 0 Å². The fourth-order valence-electron chi connectivity index (χ4n) is 2.26. The number of hydrogen-bond acceptors (Lipinski definition) is 2. The van der Waals surface area contributed by atoms with Crippen molar-refractivity contribution in [1.82, 2.24) is 9.80 Å². The Morgan fingerprint density at radius 3 is 2.94 bits per heavy atom. The van der Waals surface area contributed by atoms with Gasteiger partial charge in [-0.05, 0) is 30.2 Å². The molecule has 5 heteroatoms. The summed E-state index contributed by atoms with van der Waals surface area (Å²) in [4.78, 5) is 15.2. The molecule has 0 aliphatic carbocycles. The van der Waals surface area contributed by atoms with Crippen LogP contribution in [0, 0.1) is 18.3 Å². The van der Waals surface area contributed by atoms with E-state index in [2.05, 4.69) is 15.9 Å². The average Bonchev–Trinajstić information content (AvgIpc) is 2.61. The lowest BCUT2D eigenvalue weighted by Gasteiger charge is -2.20. The summed E-state index contributed by atoms with van der Waals surface area (Å²) in [6, 6.07) is 8.02. The number of aryl methyl sites for hydroxylation is 1. The Labute approximate surface area is 115 Å². The Balaban J connectivity index is 2.32. The molecule has 1 saturated heterocycles. The van der Waals surface area contributed by atoms with E-state index in [9.17, 15) is 4.79 Å². The number of rotatable bonds is 2. The molecule has 0 aromatic heterocycles. The zero-order valence-corrected chi connectivity index (χ0v) is 11.9. The smallest absolute Gasteiger partial charge is 0.319 e. The van der Waals surface area contributed by atoms with Crippen molar-refractivity contribution in [3.05, 3.63) is 33.8 Å². The maximum atomic E-state index is 12.0. The van der Waals surface area contributed by atoms with Gasteiger partial charge in [0.15, 0.2) is 0 Å². The second-order valence-electron chi connectivity index (χ2n) is 4.45. The highest BCUT2D eigenvalue weighted by molar-refractivity contribution is 9.10. The second-order valence-corrected chi connectivity index (χ2v) is 5.36. The van der Waals surface area contributed by atoms with Gasteiger partial charge in [0.1, 0.15) is 6.54 Å². The lowest BCUT2D eigenvalue weighted by molar-refractivity contribution is 0.199. The fraction of sp³-hybridized carbons (Fsp3) is 0.385. The van der Waals surface area contributed by atoms with E-state index in [4.69, 9.17) is 5.26 Å². The van der Waals surface area contributed by atoms with Crippen molar-refractivity contribution < 1.29 is 4.79 Å². The quantitative estimate of drug-likeness (QED) is 0.789. The molecule has 1 fully saturated rings. The first-order valence-corrected chi connectivity index (χ1v) is 6.48. The Morgan fingerprint density at radius 2 is 2.28 bits per heavy atom. The van der Waals surface area contributed by atoms with Crippen LogP contribution in [0.3, 0.4) is 0 Å². The summed E-state index contributed by atoms with van der Waals surface area (Å²) in [5.74, 6) is 0. The van der Waals surface area contributed by atoms with Crippen molar-refractivity contribution in [2.45, 2.75) is 13.0 Å². The van der Waals surface area contributed by atoms with Crippen LogP contribution in [0.15, 0.2) is 22.7 Å². The number of hydrogen-bond donors (Lipinski definition) is 0. The molecular weight excluding hydrogens is 294 g/mol.